The highest BCUT2D eigenvalue weighted by atomic mass is 79.9. The van der Waals surface area contributed by atoms with Crippen molar-refractivity contribution in [1.29, 1.82) is 0 Å². The minimum absolute atomic E-state index is 0.638. The summed E-state index contributed by atoms with van der Waals surface area (Å²) in [6.07, 6.45) is 13.5. The lowest BCUT2D eigenvalue weighted by Gasteiger charge is -2.15. The Morgan fingerprint density at radius 3 is 2.29 bits per heavy atom. The molecule has 1 unspecified atom stereocenters. The van der Waals surface area contributed by atoms with E-state index in [-0.39, 0.29) is 0 Å². The molecular weight excluding hydrogens is 322 g/mol. The standard InChI is InChI=1S/C19H32BrN/c1-2-3-4-5-6-7-8-9-11-18(16-21)14-17-12-10-13-19(20)15-17/h10,12-13,15,18H,2-9,11,14,16,21H2,1H3. The van der Waals surface area contributed by atoms with Crippen molar-refractivity contribution in [2.45, 2.75) is 71.1 Å². The molecule has 0 aliphatic heterocycles. The van der Waals surface area contributed by atoms with Crippen molar-refractivity contribution in [2.75, 3.05) is 6.54 Å². The monoisotopic (exact) mass is 353 g/mol. The molecule has 0 aromatic heterocycles. The van der Waals surface area contributed by atoms with Crippen LogP contribution in [0.2, 0.25) is 0 Å². The number of rotatable bonds is 12. The number of unbranched alkanes of at least 4 members (excludes halogenated alkanes) is 7. The molecule has 0 aliphatic rings. The average molecular weight is 354 g/mol. The van der Waals surface area contributed by atoms with Crippen LogP contribution in [0.5, 0.6) is 0 Å². The highest BCUT2D eigenvalue weighted by Gasteiger charge is 2.08. The molecule has 0 saturated carbocycles. The van der Waals surface area contributed by atoms with Gasteiger partial charge in [-0.25, -0.2) is 0 Å². The van der Waals surface area contributed by atoms with Gasteiger partial charge in [0.15, 0.2) is 0 Å². The SMILES string of the molecule is CCCCCCCCCCC(CN)Cc1cccc(Br)c1. The molecule has 2 heteroatoms. The van der Waals surface area contributed by atoms with Crippen LogP contribution in [0, 0.1) is 5.92 Å². The minimum Gasteiger partial charge on any atom is -0.330 e. The van der Waals surface area contributed by atoms with Crippen LogP contribution < -0.4 is 5.73 Å². The van der Waals surface area contributed by atoms with Crippen LogP contribution in [-0.4, -0.2) is 6.54 Å². The number of hydrogen-bond donors (Lipinski definition) is 1. The van der Waals surface area contributed by atoms with Crippen molar-refractivity contribution >= 4 is 15.9 Å². The molecule has 0 heterocycles. The summed E-state index contributed by atoms with van der Waals surface area (Å²) in [5, 5.41) is 0. The largest absolute Gasteiger partial charge is 0.330 e. The van der Waals surface area contributed by atoms with Crippen LogP contribution in [0.15, 0.2) is 28.7 Å². The Bertz CT molecular complexity index is 364. The van der Waals surface area contributed by atoms with Crippen molar-refractivity contribution in [3.05, 3.63) is 34.3 Å². The van der Waals surface area contributed by atoms with Gasteiger partial charge in [0.05, 0.1) is 0 Å². The van der Waals surface area contributed by atoms with E-state index < -0.39 is 0 Å². The Labute approximate surface area is 139 Å². The Balaban J connectivity index is 2.11. The summed E-state index contributed by atoms with van der Waals surface area (Å²) in [5.41, 5.74) is 7.34. The molecule has 1 aromatic rings. The molecule has 0 radical (unpaired) electrons. The third kappa shape index (κ3) is 9.31. The predicted molar refractivity (Wildman–Crippen MR) is 97.6 cm³/mol. The zero-order valence-electron chi connectivity index (χ0n) is 13.6. The van der Waals surface area contributed by atoms with Crippen molar-refractivity contribution in [3.63, 3.8) is 0 Å². The molecule has 1 rings (SSSR count). The Morgan fingerprint density at radius 2 is 1.67 bits per heavy atom. The lowest BCUT2D eigenvalue weighted by Crippen LogP contribution is -2.16. The summed E-state index contributed by atoms with van der Waals surface area (Å²) >= 11 is 3.54. The third-order valence-corrected chi connectivity index (χ3v) is 4.71. The van der Waals surface area contributed by atoms with E-state index in [2.05, 4.69) is 47.1 Å². The number of hydrogen-bond acceptors (Lipinski definition) is 1. The molecule has 0 saturated heterocycles. The van der Waals surface area contributed by atoms with Crippen molar-refractivity contribution in [3.8, 4) is 0 Å². The van der Waals surface area contributed by atoms with E-state index in [4.69, 9.17) is 5.73 Å². The number of benzene rings is 1. The molecule has 120 valence electrons. The maximum atomic E-state index is 5.94. The van der Waals surface area contributed by atoms with Gasteiger partial charge in [0, 0.05) is 4.47 Å². The minimum atomic E-state index is 0.638. The molecule has 1 aromatic carbocycles. The van der Waals surface area contributed by atoms with Crippen LogP contribution in [0.4, 0.5) is 0 Å². The maximum absolute atomic E-state index is 5.94. The van der Waals surface area contributed by atoms with Gasteiger partial charge in [-0.05, 0) is 43.0 Å². The fourth-order valence-electron chi connectivity index (χ4n) is 2.87. The van der Waals surface area contributed by atoms with E-state index in [1.165, 1.54) is 67.8 Å². The molecular formula is C19H32BrN. The second-order valence-corrected chi connectivity index (χ2v) is 7.11. The number of halogens is 1. The van der Waals surface area contributed by atoms with Gasteiger partial charge in [-0.2, -0.15) is 0 Å². The van der Waals surface area contributed by atoms with Gasteiger partial charge in [0.2, 0.25) is 0 Å². The third-order valence-electron chi connectivity index (χ3n) is 4.21. The summed E-state index contributed by atoms with van der Waals surface area (Å²) < 4.78 is 1.17. The first-order chi connectivity index (χ1) is 10.3. The van der Waals surface area contributed by atoms with Crippen LogP contribution in [0.3, 0.4) is 0 Å². The van der Waals surface area contributed by atoms with Gasteiger partial charge < -0.3 is 5.73 Å². The van der Waals surface area contributed by atoms with Crippen molar-refractivity contribution in [1.82, 2.24) is 0 Å². The molecule has 2 N–H and O–H groups in total. The highest BCUT2D eigenvalue weighted by molar-refractivity contribution is 9.10. The lowest BCUT2D eigenvalue weighted by molar-refractivity contribution is 0.455. The first kappa shape index (κ1) is 18.7. The topological polar surface area (TPSA) is 26.0 Å². The summed E-state index contributed by atoms with van der Waals surface area (Å²) in [6.45, 7) is 3.08. The number of nitrogens with two attached hydrogens (primary N) is 1. The van der Waals surface area contributed by atoms with Crippen LogP contribution in [0.25, 0.3) is 0 Å². The fraction of sp³-hybridized carbons (Fsp3) is 0.684. The van der Waals surface area contributed by atoms with Crippen LogP contribution in [-0.2, 0) is 6.42 Å². The second-order valence-electron chi connectivity index (χ2n) is 6.20. The van der Waals surface area contributed by atoms with Crippen LogP contribution in [0.1, 0.15) is 70.3 Å². The normalized spacial score (nSPS) is 12.5. The smallest absolute Gasteiger partial charge is 0.0177 e. The van der Waals surface area contributed by atoms with Gasteiger partial charge in [0.1, 0.15) is 0 Å². The van der Waals surface area contributed by atoms with E-state index in [1.807, 2.05) is 0 Å². The molecule has 21 heavy (non-hydrogen) atoms. The van der Waals surface area contributed by atoms with E-state index in [0.29, 0.717) is 5.92 Å². The summed E-state index contributed by atoms with van der Waals surface area (Å²) in [4.78, 5) is 0. The maximum Gasteiger partial charge on any atom is 0.0177 e. The molecule has 0 amide bonds. The average Bonchev–Trinajstić information content (AvgIpc) is 2.48. The molecule has 1 nitrogen and oxygen atoms in total. The van der Waals surface area contributed by atoms with Gasteiger partial charge in [-0.3, -0.25) is 0 Å². The Hall–Kier alpha value is -0.340. The summed E-state index contributed by atoms with van der Waals surface area (Å²) in [7, 11) is 0. The molecule has 1 atom stereocenters. The van der Waals surface area contributed by atoms with Gasteiger partial charge in [-0.1, -0.05) is 86.4 Å². The van der Waals surface area contributed by atoms with E-state index >= 15 is 0 Å². The molecule has 0 fully saturated rings. The summed E-state index contributed by atoms with van der Waals surface area (Å²) in [5.74, 6) is 0.638. The quantitative estimate of drug-likeness (QED) is 0.451. The van der Waals surface area contributed by atoms with Gasteiger partial charge in [-0.15, -0.1) is 0 Å². The lowest BCUT2D eigenvalue weighted by atomic mass is 9.93. The Morgan fingerprint density at radius 1 is 1.00 bits per heavy atom. The highest BCUT2D eigenvalue weighted by Crippen LogP contribution is 2.19. The fourth-order valence-corrected chi connectivity index (χ4v) is 3.31. The van der Waals surface area contributed by atoms with E-state index in [0.717, 1.165) is 13.0 Å². The molecule has 0 aliphatic carbocycles. The van der Waals surface area contributed by atoms with Gasteiger partial charge >= 0.3 is 0 Å². The predicted octanol–water partition coefficient (Wildman–Crippen LogP) is 6.10. The van der Waals surface area contributed by atoms with Gasteiger partial charge in [0.25, 0.3) is 0 Å². The first-order valence-corrected chi connectivity index (χ1v) is 9.50. The molecule has 0 spiro atoms. The van der Waals surface area contributed by atoms with E-state index in [9.17, 15) is 0 Å². The summed E-state index contributed by atoms with van der Waals surface area (Å²) in [6, 6.07) is 8.63. The van der Waals surface area contributed by atoms with Crippen LogP contribution >= 0.6 is 15.9 Å². The van der Waals surface area contributed by atoms with Crippen molar-refractivity contribution in [2.24, 2.45) is 11.7 Å². The molecule has 0 bridgehead atoms. The second kappa shape index (κ2) is 12.2. The first-order valence-electron chi connectivity index (χ1n) is 8.70. The zero-order valence-corrected chi connectivity index (χ0v) is 15.2. The van der Waals surface area contributed by atoms with E-state index in [1.54, 1.807) is 0 Å². The van der Waals surface area contributed by atoms with Crippen molar-refractivity contribution < 1.29 is 0 Å². The Kier molecular flexibility index (Phi) is 10.9. The zero-order chi connectivity index (χ0) is 15.3.